The van der Waals surface area contributed by atoms with Crippen molar-refractivity contribution in [1.82, 2.24) is 9.78 Å². The average molecular weight is 208 g/mol. The molecule has 5 heteroatoms. The van der Waals surface area contributed by atoms with Crippen molar-refractivity contribution in [2.24, 2.45) is 5.73 Å². The molecule has 1 amide bonds. The number of anilines is 1. The smallest absolute Gasteiger partial charge is 0.254 e. The molecular formula is C10H16N4O. The van der Waals surface area contributed by atoms with E-state index in [1.165, 1.54) is 12.8 Å². The van der Waals surface area contributed by atoms with E-state index in [-0.39, 0.29) is 0 Å². The minimum Gasteiger partial charge on any atom is -0.383 e. The fourth-order valence-electron chi connectivity index (χ4n) is 2.30. The van der Waals surface area contributed by atoms with Crippen LogP contribution >= 0.6 is 0 Å². The Balaban J connectivity index is 2.40. The number of rotatable bonds is 2. The first-order valence-electron chi connectivity index (χ1n) is 5.25. The van der Waals surface area contributed by atoms with Crippen LogP contribution in [0.15, 0.2) is 0 Å². The van der Waals surface area contributed by atoms with Crippen LogP contribution in [-0.4, -0.2) is 15.7 Å². The standard InChI is InChI=1S/C10H16N4O/c1-6-8(10(12)15)9(11)14(13-6)7-4-2-3-5-7/h7H,2-5,11H2,1H3,(H2,12,15). The van der Waals surface area contributed by atoms with Crippen LogP contribution in [0, 0.1) is 6.92 Å². The van der Waals surface area contributed by atoms with Gasteiger partial charge in [0.05, 0.1) is 11.7 Å². The molecule has 1 heterocycles. The van der Waals surface area contributed by atoms with E-state index < -0.39 is 5.91 Å². The van der Waals surface area contributed by atoms with Gasteiger partial charge in [-0.1, -0.05) is 12.8 Å². The summed E-state index contributed by atoms with van der Waals surface area (Å²) in [6.45, 7) is 1.77. The monoisotopic (exact) mass is 208 g/mol. The van der Waals surface area contributed by atoms with E-state index in [1.807, 2.05) is 0 Å². The molecule has 2 rings (SSSR count). The van der Waals surface area contributed by atoms with E-state index in [1.54, 1.807) is 11.6 Å². The zero-order valence-corrected chi connectivity index (χ0v) is 8.86. The van der Waals surface area contributed by atoms with E-state index in [0.717, 1.165) is 12.8 Å². The van der Waals surface area contributed by atoms with Gasteiger partial charge in [-0.05, 0) is 19.8 Å². The maximum absolute atomic E-state index is 11.2. The number of nitrogen functional groups attached to an aromatic ring is 1. The third-order valence-corrected chi connectivity index (χ3v) is 3.04. The van der Waals surface area contributed by atoms with Gasteiger partial charge in [-0.2, -0.15) is 5.10 Å². The first-order valence-corrected chi connectivity index (χ1v) is 5.25. The molecule has 1 aromatic rings. The molecule has 4 N–H and O–H groups in total. The van der Waals surface area contributed by atoms with Gasteiger partial charge < -0.3 is 11.5 Å². The van der Waals surface area contributed by atoms with Crippen LogP contribution in [0.4, 0.5) is 5.82 Å². The number of aromatic nitrogens is 2. The lowest BCUT2D eigenvalue weighted by molar-refractivity contribution is 0.100. The molecule has 0 radical (unpaired) electrons. The lowest BCUT2D eigenvalue weighted by Crippen LogP contribution is -2.15. The predicted molar refractivity (Wildman–Crippen MR) is 57.4 cm³/mol. The van der Waals surface area contributed by atoms with Gasteiger partial charge in [0.15, 0.2) is 0 Å². The van der Waals surface area contributed by atoms with E-state index in [0.29, 0.717) is 23.1 Å². The second-order valence-electron chi connectivity index (χ2n) is 4.09. The predicted octanol–water partition coefficient (Wildman–Crippen LogP) is 0.988. The van der Waals surface area contributed by atoms with Crippen LogP contribution in [-0.2, 0) is 0 Å². The van der Waals surface area contributed by atoms with Crippen LogP contribution in [0.1, 0.15) is 47.8 Å². The van der Waals surface area contributed by atoms with Crippen LogP contribution in [0.3, 0.4) is 0 Å². The van der Waals surface area contributed by atoms with Crippen LogP contribution < -0.4 is 11.5 Å². The lowest BCUT2D eigenvalue weighted by Gasteiger charge is -2.11. The summed E-state index contributed by atoms with van der Waals surface area (Å²) >= 11 is 0. The first-order chi connectivity index (χ1) is 7.11. The number of hydrogen-bond donors (Lipinski definition) is 2. The minimum atomic E-state index is -0.491. The third-order valence-electron chi connectivity index (χ3n) is 3.04. The van der Waals surface area contributed by atoms with E-state index in [9.17, 15) is 4.79 Å². The first kappa shape index (κ1) is 10.0. The topological polar surface area (TPSA) is 86.9 Å². The highest BCUT2D eigenvalue weighted by Gasteiger charge is 2.24. The Morgan fingerprint density at radius 2 is 2.07 bits per heavy atom. The molecule has 0 aromatic carbocycles. The Kier molecular flexibility index (Phi) is 2.38. The summed E-state index contributed by atoms with van der Waals surface area (Å²) in [5, 5.41) is 4.30. The van der Waals surface area contributed by atoms with Gasteiger partial charge in [0.1, 0.15) is 11.4 Å². The number of hydrogen-bond acceptors (Lipinski definition) is 3. The molecule has 82 valence electrons. The molecule has 1 aliphatic rings. The number of nitrogens with zero attached hydrogens (tertiary/aromatic N) is 2. The maximum Gasteiger partial charge on any atom is 0.254 e. The SMILES string of the molecule is Cc1nn(C2CCCC2)c(N)c1C(N)=O. The number of aryl methyl sites for hydroxylation is 1. The average Bonchev–Trinajstić information content (AvgIpc) is 2.72. The van der Waals surface area contributed by atoms with Gasteiger partial charge in [0.25, 0.3) is 5.91 Å². The molecule has 15 heavy (non-hydrogen) atoms. The number of primary amides is 1. The van der Waals surface area contributed by atoms with E-state index in [4.69, 9.17) is 11.5 Å². The Morgan fingerprint density at radius 3 is 2.53 bits per heavy atom. The number of carbonyl (C=O) groups is 1. The summed E-state index contributed by atoms with van der Waals surface area (Å²) in [7, 11) is 0. The fraction of sp³-hybridized carbons (Fsp3) is 0.600. The fourth-order valence-corrected chi connectivity index (χ4v) is 2.30. The molecular weight excluding hydrogens is 192 g/mol. The van der Waals surface area contributed by atoms with Crippen molar-refractivity contribution in [3.8, 4) is 0 Å². The Morgan fingerprint density at radius 1 is 1.47 bits per heavy atom. The van der Waals surface area contributed by atoms with Crippen molar-refractivity contribution in [3.63, 3.8) is 0 Å². The largest absolute Gasteiger partial charge is 0.383 e. The number of carbonyl (C=O) groups excluding carboxylic acids is 1. The molecule has 0 unspecified atom stereocenters. The molecule has 1 fully saturated rings. The summed E-state index contributed by atoms with van der Waals surface area (Å²) < 4.78 is 1.77. The Hall–Kier alpha value is -1.52. The van der Waals surface area contributed by atoms with Gasteiger partial charge in [-0.15, -0.1) is 0 Å². The second kappa shape index (κ2) is 3.56. The highest BCUT2D eigenvalue weighted by Crippen LogP contribution is 2.32. The molecule has 1 aromatic heterocycles. The van der Waals surface area contributed by atoms with Gasteiger partial charge in [-0.3, -0.25) is 4.79 Å². The number of nitrogens with two attached hydrogens (primary N) is 2. The van der Waals surface area contributed by atoms with Crippen LogP contribution in [0.25, 0.3) is 0 Å². The van der Waals surface area contributed by atoms with Crippen molar-refractivity contribution >= 4 is 11.7 Å². The lowest BCUT2D eigenvalue weighted by atomic mass is 10.2. The van der Waals surface area contributed by atoms with E-state index in [2.05, 4.69) is 5.10 Å². The van der Waals surface area contributed by atoms with Crippen molar-refractivity contribution in [2.75, 3.05) is 5.73 Å². The zero-order chi connectivity index (χ0) is 11.0. The third kappa shape index (κ3) is 1.58. The zero-order valence-electron chi connectivity index (χ0n) is 8.86. The summed E-state index contributed by atoms with van der Waals surface area (Å²) in [5.74, 6) is -0.0684. The summed E-state index contributed by atoms with van der Waals surface area (Å²) in [6.07, 6.45) is 4.58. The van der Waals surface area contributed by atoms with Gasteiger partial charge >= 0.3 is 0 Å². The minimum absolute atomic E-state index is 0.344. The van der Waals surface area contributed by atoms with Gasteiger partial charge in [-0.25, -0.2) is 4.68 Å². The van der Waals surface area contributed by atoms with Crippen LogP contribution in [0.5, 0.6) is 0 Å². The molecule has 5 nitrogen and oxygen atoms in total. The highest BCUT2D eigenvalue weighted by molar-refractivity contribution is 5.98. The molecule has 0 aliphatic heterocycles. The van der Waals surface area contributed by atoms with Gasteiger partial charge in [0.2, 0.25) is 0 Å². The molecule has 1 saturated carbocycles. The molecule has 0 atom stereocenters. The summed E-state index contributed by atoms with van der Waals surface area (Å²) in [4.78, 5) is 11.2. The van der Waals surface area contributed by atoms with Crippen molar-refractivity contribution in [3.05, 3.63) is 11.3 Å². The van der Waals surface area contributed by atoms with Crippen molar-refractivity contribution in [2.45, 2.75) is 38.6 Å². The van der Waals surface area contributed by atoms with Crippen molar-refractivity contribution < 1.29 is 4.79 Å². The van der Waals surface area contributed by atoms with Gasteiger partial charge in [0, 0.05) is 0 Å². The number of amides is 1. The molecule has 1 aliphatic carbocycles. The Labute approximate surface area is 88.4 Å². The van der Waals surface area contributed by atoms with Crippen molar-refractivity contribution in [1.29, 1.82) is 0 Å². The maximum atomic E-state index is 11.2. The van der Waals surface area contributed by atoms with Crippen LogP contribution in [0.2, 0.25) is 0 Å². The molecule has 0 spiro atoms. The quantitative estimate of drug-likeness (QED) is 0.759. The summed E-state index contributed by atoms with van der Waals surface area (Å²) in [5.41, 5.74) is 12.1. The van der Waals surface area contributed by atoms with E-state index >= 15 is 0 Å². The normalized spacial score (nSPS) is 17.1. The summed E-state index contributed by atoms with van der Waals surface area (Å²) in [6, 6.07) is 0.344. The molecule has 0 bridgehead atoms. The second-order valence-corrected chi connectivity index (χ2v) is 4.09. The molecule has 0 saturated heterocycles. The Bertz CT molecular complexity index is 390. The highest BCUT2D eigenvalue weighted by atomic mass is 16.1.